The van der Waals surface area contributed by atoms with Crippen LogP contribution >= 0.6 is 0 Å². The molecule has 3 aromatic rings. The topological polar surface area (TPSA) is 83.6 Å². The summed E-state index contributed by atoms with van der Waals surface area (Å²) in [6, 6.07) is 17.9. The highest BCUT2D eigenvalue weighted by Gasteiger charge is 2.12. The molecule has 1 amide bonds. The van der Waals surface area contributed by atoms with Crippen molar-refractivity contribution in [1.29, 1.82) is 0 Å². The Kier molecular flexibility index (Phi) is 6.09. The van der Waals surface area contributed by atoms with Crippen molar-refractivity contribution in [2.75, 3.05) is 36.7 Å². The first-order chi connectivity index (χ1) is 14.0. The number of carbonyl (C=O) groups excluding carboxylic acids is 2. The molecular formula is C22H22N4O3. The van der Waals surface area contributed by atoms with Crippen LogP contribution in [0.4, 0.5) is 22.7 Å². The largest absolute Gasteiger partial charge is 0.465 e. The van der Waals surface area contributed by atoms with Crippen molar-refractivity contribution in [2.24, 2.45) is 0 Å². The average molecular weight is 390 g/mol. The maximum atomic E-state index is 12.4. The van der Waals surface area contributed by atoms with Gasteiger partial charge in [0.2, 0.25) is 0 Å². The van der Waals surface area contributed by atoms with E-state index in [1.54, 1.807) is 30.3 Å². The third-order valence-corrected chi connectivity index (χ3v) is 4.25. The van der Waals surface area contributed by atoms with Crippen molar-refractivity contribution in [3.63, 3.8) is 0 Å². The quantitative estimate of drug-likeness (QED) is 0.621. The van der Waals surface area contributed by atoms with Gasteiger partial charge in [-0.05, 0) is 48.5 Å². The second-order valence-corrected chi connectivity index (χ2v) is 6.49. The molecular weight excluding hydrogens is 368 g/mol. The van der Waals surface area contributed by atoms with Crippen LogP contribution < -0.4 is 15.5 Å². The van der Waals surface area contributed by atoms with Gasteiger partial charge in [0, 0.05) is 25.5 Å². The van der Waals surface area contributed by atoms with Gasteiger partial charge >= 0.3 is 5.97 Å². The standard InChI is InChI=1S/C22H22N4O3/c1-26(2)17-11-8-15(9-12-17)25-21(27)20-13-10-16(14-23-20)24-19-7-5-4-6-18(19)22(28)29-3/h4-14,24H,1-3H3,(H,25,27). The zero-order valence-corrected chi connectivity index (χ0v) is 16.5. The third kappa shape index (κ3) is 4.90. The van der Waals surface area contributed by atoms with E-state index in [9.17, 15) is 9.59 Å². The zero-order chi connectivity index (χ0) is 20.8. The molecule has 0 bridgehead atoms. The average Bonchev–Trinajstić information content (AvgIpc) is 2.74. The van der Waals surface area contributed by atoms with Gasteiger partial charge in [0.1, 0.15) is 5.69 Å². The predicted molar refractivity (Wildman–Crippen MR) is 114 cm³/mol. The molecule has 1 aromatic heterocycles. The SMILES string of the molecule is COC(=O)c1ccccc1Nc1ccc(C(=O)Nc2ccc(N(C)C)cc2)nc1. The molecule has 148 valence electrons. The van der Waals surface area contributed by atoms with Gasteiger partial charge in [-0.2, -0.15) is 0 Å². The van der Waals surface area contributed by atoms with Gasteiger partial charge in [0.15, 0.2) is 0 Å². The molecule has 0 unspecified atom stereocenters. The highest BCUT2D eigenvalue weighted by Crippen LogP contribution is 2.21. The van der Waals surface area contributed by atoms with Gasteiger partial charge in [-0.1, -0.05) is 12.1 Å². The number of benzene rings is 2. The van der Waals surface area contributed by atoms with Gasteiger partial charge < -0.3 is 20.3 Å². The van der Waals surface area contributed by atoms with Gasteiger partial charge in [0.25, 0.3) is 5.91 Å². The second-order valence-electron chi connectivity index (χ2n) is 6.49. The lowest BCUT2D eigenvalue weighted by Gasteiger charge is -2.13. The summed E-state index contributed by atoms with van der Waals surface area (Å²) in [7, 11) is 5.25. The van der Waals surface area contributed by atoms with Gasteiger partial charge in [0.05, 0.1) is 30.2 Å². The first kappa shape index (κ1) is 19.9. The molecule has 2 aromatic carbocycles. The van der Waals surface area contributed by atoms with E-state index >= 15 is 0 Å². The summed E-state index contributed by atoms with van der Waals surface area (Å²) < 4.78 is 4.79. The van der Waals surface area contributed by atoms with Crippen molar-refractivity contribution in [3.05, 3.63) is 78.1 Å². The molecule has 0 spiro atoms. The Bertz CT molecular complexity index is 999. The molecule has 3 rings (SSSR count). The van der Waals surface area contributed by atoms with E-state index in [0.717, 1.165) is 5.69 Å². The van der Waals surface area contributed by atoms with Gasteiger partial charge in [-0.15, -0.1) is 0 Å². The van der Waals surface area contributed by atoms with Crippen LogP contribution in [0.1, 0.15) is 20.8 Å². The molecule has 0 saturated heterocycles. The lowest BCUT2D eigenvalue weighted by Crippen LogP contribution is -2.14. The molecule has 0 aliphatic rings. The van der Waals surface area contributed by atoms with E-state index in [2.05, 4.69) is 15.6 Å². The number of rotatable bonds is 6. The van der Waals surface area contributed by atoms with E-state index in [1.807, 2.05) is 49.3 Å². The minimum atomic E-state index is -0.433. The number of ether oxygens (including phenoxy) is 1. The van der Waals surface area contributed by atoms with E-state index < -0.39 is 5.97 Å². The highest BCUT2D eigenvalue weighted by atomic mass is 16.5. The second kappa shape index (κ2) is 8.88. The molecule has 0 aliphatic carbocycles. The number of hydrogen-bond acceptors (Lipinski definition) is 6. The van der Waals surface area contributed by atoms with E-state index in [-0.39, 0.29) is 11.6 Å². The minimum absolute atomic E-state index is 0.286. The Morgan fingerprint density at radius 3 is 2.24 bits per heavy atom. The van der Waals surface area contributed by atoms with Crippen molar-refractivity contribution >= 4 is 34.6 Å². The van der Waals surface area contributed by atoms with Crippen molar-refractivity contribution in [3.8, 4) is 0 Å². The summed E-state index contributed by atoms with van der Waals surface area (Å²) >= 11 is 0. The summed E-state index contributed by atoms with van der Waals surface area (Å²) in [4.78, 5) is 30.5. The van der Waals surface area contributed by atoms with Crippen LogP contribution in [0.25, 0.3) is 0 Å². The molecule has 7 nitrogen and oxygen atoms in total. The van der Waals surface area contributed by atoms with Crippen LogP contribution in [-0.4, -0.2) is 38.1 Å². The number of amides is 1. The first-order valence-electron chi connectivity index (χ1n) is 8.97. The van der Waals surface area contributed by atoms with Gasteiger partial charge in [-0.25, -0.2) is 9.78 Å². The first-order valence-corrected chi connectivity index (χ1v) is 8.97. The number of pyridine rings is 1. The fourth-order valence-corrected chi connectivity index (χ4v) is 2.68. The molecule has 0 saturated carbocycles. The molecule has 0 radical (unpaired) electrons. The van der Waals surface area contributed by atoms with E-state index in [1.165, 1.54) is 13.3 Å². The predicted octanol–water partition coefficient (Wildman–Crippen LogP) is 3.93. The zero-order valence-electron chi connectivity index (χ0n) is 16.5. The fraction of sp³-hybridized carbons (Fsp3) is 0.136. The maximum absolute atomic E-state index is 12.4. The number of nitrogens with zero attached hydrogens (tertiary/aromatic N) is 2. The monoisotopic (exact) mass is 390 g/mol. The number of nitrogens with one attached hydrogen (secondary N) is 2. The Morgan fingerprint density at radius 1 is 0.931 bits per heavy atom. The van der Waals surface area contributed by atoms with Crippen LogP contribution in [0.15, 0.2) is 66.9 Å². The Labute approximate surface area is 169 Å². The minimum Gasteiger partial charge on any atom is -0.465 e. The molecule has 2 N–H and O–H groups in total. The van der Waals surface area contributed by atoms with Crippen LogP contribution in [-0.2, 0) is 4.74 Å². The van der Waals surface area contributed by atoms with Crippen molar-refractivity contribution in [1.82, 2.24) is 4.98 Å². The molecule has 29 heavy (non-hydrogen) atoms. The van der Waals surface area contributed by atoms with Crippen LogP contribution in [0, 0.1) is 0 Å². The molecule has 0 atom stereocenters. The lowest BCUT2D eigenvalue weighted by atomic mass is 10.1. The number of methoxy groups -OCH3 is 1. The van der Waals surface area contributed by atoms with E-state index in [0.29, 0.717) is 22.6 Å². The molecule has 0 fully saturated rings. The van der Waals surface area contributed by atoms with Crippen LogP contribution in [0.3, 0.4) is 0 Å². The fourth-order valence-electron chi connectivity index (χ4n) is 2.68. The Hall–Kier alpha value is -3.87. The normalized spacial score (nSPS) is 10.2. The Balaban J connectivity index is 1.69. The van der Waals surface area contributed by atoms with Gasteiger partial charge in [-0.3, -0.25) is 4.79 Å². The number of aromatic nitrogens is 1. The number of carbonyl (C=O) groups is 2. The van der Waals surface area contributed by atoms with E-state index in [4.69, 9.17) is 4.74 Å². The summed E-state index contributed by atoms with van der Waals surface area (Å²) in [6.45, 7) is 0. The number of para-hydroxylation sites is 1. The van der Waals surface area contributed by atoms with Crippen LogP contribution in [0.5, 0.6) is 0 Å². The molecule has 7 heteroatoms. The number of anilines is 4. The smallest absolute Gasteiger partial charge is 0.339 e. The molecule has 0 aliphatic heterocycles. The highest BCUT2D eigenvalue weighted by molar-refractivity contribution is 6.03. The summed E-state index contributed by atoms with van der Waals surface area (Å²) in [5, 5.41) is 5.94. The maximum Gasteiger partial charge on any atom is 0.339 e. The number of esters is 1. The Morgan fingerprint density at radius 2 is 1.62 bits per heavy atom. The van der Waals surface area contributed by atoms with Crippen LogP contribution in [0.2, 0.25) is 0 Å². The third-order valence-electron chi connectivity index (χ3n) is 4.25. The summed E-state index contributed by atoms with van der Waals surface area (Å²) in [5.41, 5.74) is 3.68. The summed E-state index contributed by atoms with van der Waals surface area (Å²) in [5.74, 6) is -0.735. The lowest BCUT2D eigenvalue weighted by molar-refractivity contribution is 0.0601. The number of hydrogen-bond donors (Lipinski definition) is 2. The van der Waals surface area contributed by atoms with Crippen molar-refractivity contribution < 1.29 is 14.3 Å². The van der Waals surface area contributed by atoms with Crippen molar-refractivity contribution in [2.45, 2.75) is 0 Å². The molecule has 1 heterocycles. The summed E-state index contributed by atoms with van der Waals surface area (Å²) in [6.07, 6.45) is 1.54.